The van der Waals surface area contributed by atoms with Gasteiger partial charge in [-0.2, -0.15) is 0 Å². The number of guanidine groups is 2. The number of urea groups is 1. The molecule has 10 aromatic rings. The number of fused-ring (bicyclic) bond motifs is 8. The van der Waals surface area contributed by atoms with Gasteiger partial charge in [0.25, 0.3) is 0 Å². The van der Waals surface area contributed by atoms with E-state index in [1.807, 2.05) is 24.3 Å². The van der Waals surface area contributed by atoms with Crippen molar-refractivity contribution in [1.29, 1.82) is 0 Å². The van der Waals surface area contributed by atoms with Crippen molar-refractivity contribution in [3.63, 3.8) is 0 Å². The molecule has 11 rings (SSSR count). The second-order valence-corrected chi connectivity index (χ2v) is 17.8. The SMILES string of the molecule is NC(N)=Nc1ccc(Oc2ccc(N=C(N)NC(=O)Nc3ccc(C4c5ccc([nH]5)C(c5ccccc5)c5ccc([nH]5)C(c5ccccc5)c5ccc([nH]5)C(c5ccccc5)c5ccc4[nH]5)cc3)cc2)cc1. The lowest BCUT2D eigenvalue weighted by molar-refractivity contribution is 0.256. The molecular weight excluding hydrogens is 895 g/mol. The van der Waals surface area contributed by atoms with Crippen molar-refractivity contribution in [1.82, 2.24) is 25.3 Å². The summed E-state index contributed by atoms with van der Waals surface area (Å²) in [6, 6.07) is 70.9. The van der Waals surface area contributed by atoms with Gasteiger partial charge in [-0.15, -0.1) is 0 Å². The molecule has 2 atom stereocenters. The van der Waals surface area contributed by atoms with Crippen LogP contribution in [0.15, 0.2) is 222 Å². The molecule has 4 aromatic heterocycles. The third-order valence-corrected chi connectivity index (χ3v) is 13.0. The normalized spacial score (nSPS) is 16.4. The Hall–Kier alpha value is -9.75. The van der Waals surface area contributed by atoms with Gasteiger partial charge in [0, 0.05) is 51.2 Å². The summed E-state index contributed by atoms with van der Waals surface area (Å²) in [4.78, 5) is 37.3. The van der Waals surface area contributed by atoms with Gasteiger partial charge in [0.05, 0.1) is 35.0 Å². The third kappa shape index (κ3) is 9.62. The number of nitrogens with zero attached hydrogens (tertiary/aromatic N) is 2. The Balaban J connectivity index is 0.887. The summed E-state index contributed by atoms with van der Waals surface area (Å²) in [5.74, 6) is 0.586. The predicted octanol–water partition coefficient (Wildman–Crippen LogP) is 11.5. The van der Waals surface area contributed by atoms with Crippen LogP contribution in [0.3, 0.4) is 0 Å². The van der Waals surface area contributed by atoms with Gasteiger partial charge >= 0.3 is 6.03 Å². The summed E-state index contributed by atoms with van der Waals surface area (Å²) in [5.41, 5.74) is 31.9. The topological polar surface area (TPSA) is 216 Å². The van der Waals surface area contributed by atoms with E-state index in [2.05, 4.69) is 180 Å². The monoisotopic (exact) mass is 945 g/mol. The maximum Gasteiger partial charge on any atom is 0.325 e. The van der Waals surface area contributed by atoms with Crippen molar-refractivity contribution < 1.29 is 9.53 Å². The van der Waals surface area contributed by atoms with Crippen LogP contribution in [0.4, 0.5) is 21.9 Å². The minimum Gasteiger partial charge on any atom is -0.457 e. The molecule has 6 aromatic carbocycles. The Morgan fingerprint density at radius 1 is 0.389 bits per heavy atom. The van der Waals surface area contributed by atoms with Crippen molar-refractivity contribution >= 4 is 35.0 Å². The van der Waals surface area contributed by atoms with Crippen LogP contribution in [0.2, 0.25) is 0 Å². The van der Waals surface area contributed by atoms with Gasteiger partial charge in [-0.1, -0.05) is 103 Å². The maximum absolute atomic E-state index is 13.3. The van der Waals surface area contributed by atoms with E-state index in [0.29, 0.717) is 28.6 Å². The number of nitrogens with one attached hydrogen (secondary N) is 6. The minimum atomic E-state index is -0.533. The highest BCUT2D eigenvalue weighted by Crippen LogP contribution is 2.41. The van der Waals surface area contributed by atoms with E-state index in [-0.39, 0.29) is 35.6 Å². The van der Waals surface area contributed by atoms with E-state index in [0.717, 1.165) is 62.2 Å². The number of aromatic nitrogens is 4. The Labute approximate surface area is 416 Å². The first-order valence-corrected chi connectivity index (χ1v) is 23.7. The van der Waals surface area contributed by atoms with Gasteiger partial charge in [-0.3, -0.25) is 5.32 Å². The number of aliphatic imine (C=N–C) groups is 2. The van der Waals surface area contributed by atoms with Gasteiger partial charge in [0.1, 0.15) is 11.5 Å². The fraction of sp³-hybridized carbons (Fsp3) is 0.0678. The molecule has 0 saturated heterocycles. The summed E-state index contributed by atoms with van der Waals surface area (Å²) in [6.45, 7) is 0. The number of benzene rings is 6. The van der Waals surface area contributed by atoms with Crippen LogP contribution in [0, 0.1) is 0 Å². The highest BCUT2D eigenvalue weighted by molar-refractivity contribution is 6.02. The van der Waals surface area contributed by atoms with Crippen LogP contribution in [0.5, 0.6) is 11.5 Å². The van der Waals surface area contributed by atoms with Crippen molar-refractivity contribution in [2.75, 3.05) is 5.32 Å². The molecule has 8 bridgehead atoms. The molecular formula is C59H51N11O2. The molecule has 13 nitrogen and oxygen atoms in total. The lowest BCUT2D eigenvalue weighted by Gasteiger charge is -2.21. The Kier molecular flexibility index (Phi) is 12.2. The predicted molar refractivity (Wildman–Crippen MR) is 285 cm³/mol. The maximum atomic E-state index is 13.3. The molecule has 354 valence electrons. The summed E-state index contributed by atoms with van der Waals surface area (Å²) >= 11 is 0. The van der Waals surface area contributed by atoms with Crippen molar-refractivity contribution in [3.05, 3.63) is 280 Å². The second-order valence-electron chi connectivity index (χ2n) is 17.8. The fourth-order valence-corrected chi connectivity index (χ4v) is 9.78. The van der Waals surface area contributed by atoms with E-state index in [1.165, 1.54) is 5.56 Å². The van der Waals surface area contributed by atoms with Crippen LogP contribution >= 0.6 is 0 Å². The van der Waals surface area contributed by atoms with E-state index >= 15 is 0 Å². The largest absolute Gasteiger partial charge is 0.457 e. The number of amides is 2. The van der Waals surface area contributed by atoms with Crippen molar-refractivity contribution in [3.8, 4) is 11.5 Å². The van der Waals surface area contributed by atoms with E-state index in [1.54, 1.807) is 48.5 Å². The average molecular weight is 946 g/mol. The van der Waals surface area contributed by atoms with E-state index < -0.39 is 6.03 Å². The first-order valence-electron chi connectivity index (χ1n) is 23.7. The quantitative estimate of drug-likeness (QED) is 0.0508. The molecule has 12 N–H and O–H groups in total. The van der Waals surface area contributed by atoms with Crippen LogP contribution in [-0.4, -0.2) is 37.9 Å². The average Bonchev–Trinajstić information content (AvgIpc) is 4.25. The van der Waals surface area contributed by atoms with Crippen LogP contribution < -0.4 is 32.6 Å². The van der Waals surface area contributed by atoms with Gasteiger partial charge in [-0.05, 0) is 131 Å². The molecule has 13 heteroatoms. The zero-order valence-electron chi connectivity index (χ0n) is 39.0. The number of carbonyl (C=O) groups is 1. The number of aromatic amines is 4. The molecule has 0 aliphatic carbocycles. The van der Waals surface area contributed by atoms with Crippen molar-refractivity contribution in [2.24, 2.45) is 27.2 Å². The van der Waals surface area contributed by atoms with Crippen LogP contribution in [0.25, 0.3) is 0 Å². The van der Waals surface area contributed by atoms with Gasteiger partial charge in [-0.25, -0.2) is 14.8 Å². The second kappa shape index (κ2) is 19.7. The number of anilines is 1. The first kappa shape index (κ1) is 44.7. The summed E-state index contributed by atoms with van der Waals surface area (Å²) in [6.07, 6.45) is 0. The number of H-pyrrole nitrogens is 4. The molecule has 5 heterocycles. The Bertz CT molecular complexity index is 3370. The highest BCUT2D eigenvalue weighted by Gasteiger charge is 2.30. The van der Waals surface area contributed by atoms with Gasteiger partial charge < -0.3 is 47.2 Å². The zero-order valence-corrected chi connectivity index (χ0v) is 39.0. The lowest BCUT2D eigenvalue weighted by atomic mass is 9.92. The summed E-state index contributed by atoms with van der Waals surface area (Å²) in [5, 5.41) is 5.54. The number of rotatable bonds is 9. The Morgan fingerprint density at radius 3 is 1.04 bits per heavy atom. The van der Waals surface area contributed by atoms with Gasteiger partial charge in [0.15, 0.2) is 5.96 Å². The molecule has 1 aliphatic rings. The summed E-state index contributed by atoms with van der Waals surface area (Å²) < 4.78 is 5.93. The third-order valence-electron chi connectivity index (χ3n) is 13.0. The number of hydrogen-bond donors (Lipinski definition) is 9. The van der Waals surface area contributed by atoms with Gasteiger partial charge in [0.2, 0.25) is 5.96 Å². The molecule has 0 radical (unpaired) electrons. The molecule has 1 aliphatic heterocycles. The Morgan fingerprint density at radius 2 is 0.708 bits per heavy atom. The highest BCUT2D eigenvalue weighted by atomic mass is 16.5. The minimum absolute atomic E-state index is 0.0208. The number of nitrogens with two attached hydrogens (primary N) is 3. The smallest absolute Gasteiger partial charge is 0.325 e. The molecule has 0 saturated carbocycles. The molecule has 2 amide bonds. The molecule has 0 fully saturated rings. The van der Waals surface area contributed by atoms with Crippen molar-refractivity contribution in [2.45, 2.75) is 23.7 Å². The summed E-state index contributed by atoms with van der Waals surface area (Å²) in [7, 11) is 0. The lowest BCUT2D eigenvalue weighted by Crippen LogP contribution is -2.39. The zero-order chi connectivity index (χ0) is 49.0. The van der Waals surface area contributed by atoms with E-state index in [4.69, 9.17) is 21.9 Å². The number of ether oxygens (including phenoxy) is 1. The molecule has 2 unspecified atom stereocenters. The molecule has 0 spiro atoms. The van der Waals surface area contributed by atoms with E-state index in [9.17, 15) is 4.79 Å². The standard InChI is InChI=1S/C59H51N11O2/c60-57(61)63-40-20-24-43(25-21-40)72-44-26-22-41(23-27-44)64-58(62)70-59(71)65-42-18-16-39(17-19-42)56-51-34-32-49(68-51)54(37-12-6-2-7-13-37)47-30-28-45(66-47)53(36-10-4-1-5-11-36)46-29-31-48(67-46)55(38-14-8-3-9-15-38)50-33-35-52(56)69-50/h1-35,53-56,66-69H,(H4,60,61,63)(H4,62,64,65,70,71). The number of carbonyl (C=O) groups excluding carboxylic acids is 1. The van der Waals surface area contributed by atoms with Crippen LogP contribution in [0.1, 0.15) is 91.5 Å². The first-order chi connectivity index (χ1) is 35.3. The fourth-order valence-electron chi connectivity index (χ4n) is 9.78. The number of hydrogen-bond acceptors (Lipinski definition) is 4. The van der Waals surface area contributed by atoms with Crippen LogP contribution in [-0.2, 0) is 0 Å². The molecule has 72 heavy (non-hydrogen) atoms.